The lowest BCUT2D eigenvalue weighted by molar-refractivity contribution is -0.123. The van der Waals surface area contributed by atoms with Crippen molar-refractivity contribution >= 4 is 29.3 Å². The molecule has 1 atom stereocenters. The number of amides is 1. The number of nitrogens with zero attached hydrogens (tertiary/aromatic N) is 1. The fourth-order valence-electron chi connectivity index (χ4n) is 2.37. The topological polar surface area (TPSA) is 54.7 Å². The molecule has 3 heterocycles. The summed E-state index contributed by atoms with van der Waals surface area (Å²) in [4.78, 5) is 13.9. The average molecular weight is 304 g/mol. The number of furan rings is 1. The van der Waals surface area contributed by atoms with Crippen molar-refractivity contribution in [1.29, 1.82) is 0 Å². The first-order valence-electron chi connectivity index (χ1n) is 6.90. The fourth-order valence-corrected chi connectivity index (χ4v) is 2.64. The van der Waals surface area contributed by atoms with Crippen molar-refractivity contribution in [3.8, 4) is 0 Å². The summed E-state index contributed by atoms with van der Waals surface area (Å²) in [6.45, 7) is 1.28. The van der Waals surface area contributed by atoms with Gasteiger partial charge in [0.05, 0.1) is 18.9 Å². The molecule has 5 nitrogen and oxygen atoms in total. The molecule has 6 heteroatoms. The van der Waals surface area contributed by atoms with Crippen molar-refractivity contribution in [2.24, 2.45) is 0 Å². The van der Waals surface area contributed by atoms with Gasteiger partial charge >= 0.3 is 0 Å². The van der Waals surface area contributed by atoms with Gasteiger partial charge in [-0.3, -0.25) is 9.69 Å². The number of nitrogens with one attached hydrogen (secondary N) is 1. The molecule has 2 fully saturated rings. The Labute approximate surface area is 128 Å². The minimum absolute atomic E-state index is 0.0895. The molecule has 0 saturated carbocycles. The third kappa shape index (κ3) is 3.22. The standard InChI is InChI=1S/C15H16N2O3S/c18-14-13(7-1-4-11-5-2-8-19-11)16-15(21)17(14)10-12-6-3-9-20-12/h1-2,4-5,7-8,12H,3,6,9-10H2,(H,16,21)/b4-1+,13-7+. The van der Waals surface area contributed by atoms with Crippen molar-refractivity contribution in [1.82, 2.24) is 10.2 Å². The Morgan fingerprint density at radius 3 is 3.14 bits per heavy atom. The number of hydrogen-bond acceptors (Lipinski definition) is 4. The molecule has 2 aliphatic rings. The maximum atomic E-state index is 12.3. The number of rotatable bonds is 4. The third-order valence-electron chi connectivity index (χ3n) is 3.44. The van der Waals surface area contributed by atoms with Crippen LogP contribution in [0.2, 0.25) is 0 Å². The molecule has 2 aliphatic heterocycles. The Balaban J connectivity index is 1.64. The van der Waals surface area contributed by atoms with Gasteiger partial charge in [0, 0.05) is 6.61 Å². The molecule has 0 aliphatic carbocycles. The van der Waals surface area contributed by atoms with E-state index in [1.54, 1.807) is 29.4 Å². The Morgan fingerprint density at radius 1 is 1.52 bits per heavy atom. The van der Waals surface area contributed by atoms with E-state index in [9.17, 15) is 4.79 Å². The molecule has 1 N–H and O–H groups in total. The van der Waals surface area contributed by atoms with Crippen LogP contribution in [-0.4, -0.2) is 35.2 Å². The molecular formula is C15H16N2O3S. The lowest BCUT2D eigenvalue weighted by atomic mass is 10.2. The zero-order valence-corrected chi connectivity index (χ0v) is 12.3. The van der Waals surface area contributed by atoms with E-state index in [0.29, 0.717) is 17.4 Å². The molecule has 1 unspecified atom stereocenters. The monoisotopic (exact) mass is 304 g/mol. The SMILES string of the molecule is O=C1/C(=C\C=C\c2ccco2)NC(=S)N1CC1CCCO1. The predicted octanol–water partition coefficient (Wildman–Crippen LogP) is 2.07. The predicted molar refractivity (Wildman–Crippen MR) is 82.2 cm³/mol. The van der Waals surface area contributed by atoms with Crippen LogP contribution in [0.4, 0.5) is 0 Å². The maximum absolute atomic E-state index is 12.3. The van der Waals surface area contributed by atoms with Gasteiger partial charge in [0.2, 0.25) is 0 Å². The largest absolute Gasteiger partial charge is 0.465 e. The van der Waals surface area contributed by atoms with Gasteiger partial charge in [-0.2, -0.15) is 0 Å². The smallest absolute Gasteiger partial charge is 0.276 e. The summed E-state index contributed by atoms with van der Waals surface area (Å²) in [6.07, 6.45) is 8.96. The number of ether oxygens (including phenoxy) is 1. The summed E-state index contributed by atoms with van der Waals surface area (Å²) in [5, 5.41) is 3.38. The quantitative estimate of drug-likeness (QED) is 0.682. The first kappa shape index (κ1) is 14.0. The molecule has 21 heavy (non-hydrogen) atoms. The van der Waals surface area contributed by atoms with E-state index in [1.807, 2.05) is 12.1 Å². The highest BCUT2D eigenvalue weighted by Gasteiger charge is 2.33. The van der Waals surface area contributed by atoms with Gasteiger partial charge in [-0.1, -0.05) is 6.08 Å². The van der Waals surface area contributed by atoms with Crippen molar-refractivity contribution < 1.29 is 13.9 Å². The zero-order chi connectivity index (χ0) is 14.7. The van der Waals surface area contributed by atoms with Gasteiger partial charge < -0.3 is 14.5 Å². The van der Waals surface area contributed by atoms with Gasteiger partial charge in [0.1, 0.15) is 11.5 Å². The normalized spacial score (nSPS) is 24.5. The molecule has 3 rings (SSSR count). The number of carbonyl (C=O) groups is 1. The molecule has 1 aromatic heterocycles. The molecule has 0 aromatic carbocycles. The summed E-state index contributed by atoms with van der Waals surface area (Å²) in [5.74, 6) is 0.621. The van der Waals surface area contributed by atoms with Crippen LogP contribution >= 0.6 is 12.2 Å². The second-order valence-corrected chi connectivity index (χ2v) is 5.32. The molecule has 0 bridgehead atoms. The van der Waals surface area contributed by atoms with Crippen molar-refractivity contribution in [2.45, 2.75) is 18.9 Å². The third-order valence-corrected chi connectivity index (χ3v) is 3.76. The summed E-state index contributed by atoms with van der Waals surface area (Å²) < 4.78 is 10.7. The fraction of sp³-hybridized carbons (Fsp3) is 0.333. The average Bonchev–Trinajstić information content (AvgIpc) is 3.19. The van der Waals surface area contributed by atoms with Crippen LogP contribution in [0.15, 0.2) is 40.7 Å². The highest BCUT2D eigenvalue weighted by Crippen LogP contribution is 2.17. The summed E-state index contributed by atoms with van der Waals surface area (Å²) in [7, 11) is 0. The second-order valence-electron chi connectivity index (χ2n) is 4.94. The van der Waals surface area contributed by atoms with Crippen molar-refractivity contribution in [3.05, 3.63) is 42.0 Å². The molecule has 0 spiro atoms. The van der Waals surface area contributed by atoms with Crippen LogP contribution in [-0.2, 0) is 9.53 Å². The van der Waals surface area contributed by atoms with Crippen LogP contribution < -0.4 is 5.32 Å². The molecule has 2 saturated heterocycles. The van der Waals surface area contributed by atoms with E-state index in [1.165, 1.54) is 0 Å². The van der Waals surface area contributed by atoms with E-state index in [2.05, 4.69) is 5.32 Å². The van der Waals surface area contributed by atoms with Gasteiger partial charge in [0.25, 0.3) is 5.91 Å². The van der Waals surface area contributed by atoms with Crippen LogP contribution in [0, 0.1) is 0 Å². The van der Waals surface area contributed by atoms with Crippen molar-refractivity contribution in [2.75, 3.05) is 13.2 Å². The van der Waals surface area contributed by atoms with E-state index >= 15 is 0 Å². The molecule has 110 valence electrons. The highest BCUT2D eigenvalue weighted by atomic mass is 32.1. The first-order valence-corrected chi connectivity index (χ1v) is 7.31. The Bertz CT molecular complexity index is 586. The van der Waals surface area contributed by atoms with Crippen LogP contribution in [0.5, 0.6) is 0 Å². The molecule has 1 aromatic rings. The molecular weight excluding hydrogens is 288 g/mol. The van der Waals surface area contributed by atoms with Crippen LogP contribution in [0.25, 0.3) is 6.08 Å². The lowest BCUT2D eigenvalue weighted by Crippen LogP contribution is -2.37. The summed E-state index contributed by atoms with van der Waals surface area (Å²) in [5.41, 5.74) is 0.473. The van der Waals surface area contributed by atoms with Crippen LogP contribution in [0.1, 0.15) is 18.6 Å². The van der Waals surface area contributed by atoms with Gasteiger partial charge in [-0.25, -0.2) is 0 Å². The summed E-state index contributed by atoms with van der Waals surface area (Å²) >= 11 is 5.21. The lowest BCUT2D eigenvalue weighted by Gasteiger charge is -2.18. The number of hydrogen-bond donors (Lipinski definition) is 1. The Hall–Kier alpha value is -1.92. The minimum atomic E-state index is -0.111. The second kappa shape index (κ2) is 6.24. The van der Waals surface area contributed by atoms with Gasteiger partial charge in [0.15, 0.2) is 5.11 Å². The Morgan fingerprint density at radius 2 is 2.43 bits per heavy atom. The molecule has 1 amide bonds. The Kier molecular flexibility index (Phi) is 4.17. The van der Waals surface area contributed by atoms with E-state index in [4.69, 9.17) is 21.4 Å². The molecule has 0 radical (unpaired) electrons. The zero-order valence-electron chi connectivity index (χ0n) is 11.5. The first-order chi connectivity index (χ1) is 10.2. The highest BCUT2D eigenvalue weighted by molar-refractivity contribution is 7.80. The van der Waals surface area contributed by atoms with E-state index in [-0.39, 0.29) is 12.0 Å². The number of thiocarbonyl (C=S) groups is 1. The van der Waals surface area contributed by atoms with Gasteiger partial charge in [-0.15, -0.1) is 0 Å². The summed E-state index contributed by atoms with van der Waals surface area (Å²) in [6, 6.07) is 3.65. The van der Waals surface area contributed by atoms with E-state index < -0.39 is 0 Å². The van der Waals surface area contributed by atoms with Gasteiger partial charge in [-0.05, 0) is 49.3 Å². The minimum Gasteiger partial charge on any atom is -0.465 e. The van der Waals surface area contributed by atoms with Crippen LogP contribution in [0.3, 0.4) is 0 Å². The number of allylic oxidation sites excluding steroid dienone is 2. The van der Waals surface area contributed by atoms with E-state index in [0.717, 1.165) is 25.2 Å². The maximum Gasteiger partial charge on any atom is 0.276 e. The number of carbonyl (C=O) groups excluding carboxylic acids is 1. The van der Waals surface area contributed by atoms with Crippen molar-refractivity contribution in [3.63, 3.8) is 0 Å².